The van der Waals surface area contributed by atoms with Crippen molar-refractivity contribution in [3.8, 4) is 16.9 Å². The molecule has 0 spiro atoms. The first-order chi connectivity index (χ1) is 13.7. The van der Waals surface area contributed by atoms with Gasteiger partial charge in [0, 0.05) is 38.6 Å². The molecule has 4 heteroatoms. The number of aromatic nitrogens is 1. The molecule has 2 heterocycles. The second kappa shape index (κ2) is 8.55. The van der Waals surface area contributed by atoms with Crippen LogP contribution in [0.25, 0.3) is 11.1 Å². The number of pyridine rings is 1. The zero-order valence-corrected chi connectivity index (χ0v) is 16.6. The quantitative estimate of drug-likeness (QED) is 0.673. The highest BCUT2D eigenvalue weighted by Gasteiger charge is 2.25. The predicted octanol–water partition coefficient (Wildman–Crippen LogP) is 4.09. The Bertz CT molecular complexity index is 887. The SMILES string of the molecule is COc1cccc(-c2ccc([C@H](c3ccncc3)N3CCN(C)CC3)cc2)c1. The van der Waals surface area contributed by atoms with E-state index in [1.807, 2.05) is 24.5 Å². The highest BCUT2D eigenvalue weighted by Crippen LogP contribution is 2.31. The molecule has 4 nitrogen and oxygen atoms in total. The van der Waals surface area contributed by atoms with Gasteiger partial charge in [0.1, 0.15) is 5.75 Å². The van der Waals surface area contributed by atoms with Crippen molar-refractivity contribution in [3.63, 3.8) is 0 Å². The molecule has 28 heavy (non-hydrogen) atoms. The van der Waals surface area contributed by atoms with E-state index in [0.29, 0.717) is 0 Å². The van der Waals surface area contributed by atoms with Gasteiger partial charge in [-0.3, -0.25) is 9.88 Å². The van der Waals surface area contributed by atoms with Crippen molar-refractivity contribution in [1.82, 2.24) is 14.8 Å². The minimum atomic E-state index is 0.260. The van der Waals surface area contributed by atoms with E-state index in [1.165, 1.54) is 22.3 Å². The van der Waals surface area contributed by atoms with Crippen LogP contribution in [-0.4, -0.2) is 55.1 Å². The Hall–Kier alpha value is -2.69. The molecule has 1 fully saturated rings. The lowest BCUT2D eigenvalue weighted by molar-refractivity contribution is 0.127. The first-order valence-corrected chi connectivity index (χ1v) is 9.81. The largest absolute Gasteiger partial charge is 0.497 e. The lowest BCUT2D eigenvalue weighted by Crippen LogP contribution is -2.46. The molecular weight excluding hydrogens is 346 g/mol. The van der Waals surface area contributed by atoms with Gasteiger partial charge in [0.15, 0.2) is 0 Å². The van der Waals surface area contributed by atoms with Crippen LogP contribution in [0.3, 0.4) is 0 Å². The van der Waals surface area contributed by atoms with Crippen LogP contribution in [0.5, 0.6) is 5.75 Å². The molecule has 3 aromatic rings. The minimum absolute atomic E-state index is 0.260. The molecule has 0 N–H and O–H groups in total. The molecule has 0 aliphatic carbocycles. The van der Waals surface area contributed by atoms with Crippen LogP contribution in [0.4, 0.5) is 0 Å². The molecule has 0 saturated carbocycles. The Morgan fingerprint density at radius 3 is 2.18 bits per heavy atom. The number of benzene rings is 2. The topological polar surface area (TPSA) is 28.6 Å². The maximum Gasteiger partial charge on any atom is 0.119 e. The fourth-order valence-electron chi connectivity index (χ4n) is 3.90. The maximum absolute atomic E-state index is 5.37. The number of likely N-dealkylation sites (N-methyl/N-ethyl adjacent to an activating group) is 1. The number of ether oxygens (including phenoxy) is 1. The molecule has 2 aromatic carbocycles. The molecular formula is C24H27N3O. The maximum atomic E-state index is 5.37. The summed E-state index contributed by atoms with van der Waals surface area (Å²) >= 11 is 0. The van der Waals surface area contributed by atoms with Gasteiger partial charge < -0.3 is 9.64 Å². The standard InChI is InChI=1S/C24H27N3O/c1-26-14-16-27(17-15-26)24(21-10-12-25-13-11-21)20-8-6-19(7-9-20)22-4-3-5-23(18-22)28-2/h3-13,18,24H,14-17H2,1-2H3/t24-/m1/s1. The van der Waals surface area contributed by atoms with Crippen LogP contribution in [0, 0.1) is 0 Å². The lowest BCUT2D eigenvalue weighted by atomic mass is 9.95. The van der Waals surface area contributed by atoms with Crippen molar-refractivity contribution in [1.29, 1.82) is 0 Å². The first kappa shape index (κ1) is 18.7. The summed E-state index contributed by atoms with van der Waals surface area (Å²) in [4.78, 5) is 9.18. The van der Waals surface area contributed by atoms with Crippen LogP contribution in [0.2, 0.25) is 0 Å². The second-order valence-corrected chi connectivity index (χ2v) is 7.38. The summed E-state index contributed by atoms with van der Waals surface area (Å²) < 4.78 is 5.37. The van der Waals surface area contributed by atoms with Gasteiger partial charge in [-0.05, 0) is 53.6 Å². The van der Waals surface area contributed by atoms with E-state index in [-0.39, 0.29) is 6.04 Å². The zero-order valence-electron chi connectivity index (χ0n) is 16.6. The average molecular weight is 374 g/mol. The van der Waals surface area contributed by atoms with Crippen LogP contribution >= 0.6 is 0 Å². The third-order valence-corrected chi connectivity index (χ3v) is 5.55. The summed E-state index contributed by atoms with van der Waals surface area (Å²) in [5.74, 6) is 0.883. The number of hydrogen-bond acceptors (Lipinski definition) is 4. The van der Waals surface area contributed by atoms with E-state index in [4.69, 9.17) is 4.74 Å². The third kappa shape index (κ3) is 4.08. The Morgan fingerprint density at radius 1 is 0.821 bits per heavy atom. The van der Waals surface area contributed by atoms with Gasteiger partial charge in [-0.1, -0.05) is 36.4 Å². The van der Waals surface area contributed by atoms with E-state index in [9.17, 15) is 0 Å². The van der Waals surface area contributed by atoms with Crippen molar-refractivity contribution >= 4 is 0 Å². The van der Waals surface area contributed by atoms with Crippen LogP contribution in [0.1, 0.15) is 17.2 Å². The Morgan fingerprint density at radius 2 is 1.50 bits per heavy atom. The van der Waals surface area contributed by atoms with E-state index < -0.39 is 0 Å². The highest BCUT2D eigenvalue weighted by atomic mass is 16.5. The van der Waals surface area contributed by atoms with E-state index >= 15 is 0 Å². The van der Waals surface area contributed by atoms with Crippen molar-refractivity contribution in [2.45, 2.75) is 6.04 Å². The van der Waals surface area contributed by atoms with Crippen molar-refractivity contribution in [3.05, 3.63) is 84.2 Å². The highest BCUT2D eigenvalue weighted by molar-refractivity contribution is 5.65. The first-order valence-electron chi connectivity index (χ1n) is 9.81. The molecule has 144 valence electrons. The van der Waals surface area contributed by atoms with Gasteiger partial charge in [-0.25, -0.2) is 0 Å². The summed E-state index contributed by atoms with van der Waals surface area (Å²) in [7, 11) is 3.90. The minimum Gasteiger partial charge on any atom is -0.497 e. The normalized spacial score (nSPS) is 16.6. The molecule has 0 amide bonds. The van der Waals surface area contributed by atoms with Gasteiger partial charge in [0.05, 0.1) is 13.2 Å². The van der Waals surface area contributed by atoms with Gasteiger partial charge >= 0.3 is 0 Å². The Kier molecular flexibility index (Phi) is 5.70. The fraction of sp³-hybridized carbons (Fsp3) is 0.292. The molecule has 1 aliphatic heterocycles. The van der Waals surface area contributed by atoms with Crippen LogP contribution in [-0.2, 0) is 0 Å². The molecule has 4 rings (SSSR count). The molecule has 1 aliphatic rings. The average Bonchev–Trinajstić information content (AvgIpc) is 2.76. The van der Waals surface area contributed by atoms with E-state index in [0.717, 1.165) is 31.9 Å². The van der Waals surface area contributed by atoms with Gasteiger partial charge in [0.2, 0.25) is 0 Å². The fourth-order valence-corrected chi connectivity index (χ4v) is 3.90. The number of nitrogens with zero attached hydrogens (tertiary/aromatic N) is 3. The van der Waals surface area contributed by atoms with Crippen molar-refractivity contribution in [2.75, 3.05) is 40.3 Å². The van der Waals surface area contributed by atoms with Gasteiger partial charge in [0.25, 0.3) is 0 Å². The summed E-state index contributed by atoms with van der Waals surface area (Å²) in [6.45, 7) is 4.34. The van der Waals surface area contributed by atoms with Crippen LogP contribution in [0.15, 0.2) is 73.1 Å². The zero-order chi connectivity index (χ0) is 19.3. The molecule has 1 saturated heterocycles. The smallest absolute Gasteiger partial charge is 0.119 e. The van der Waals surface area contributed by atoms with Gasteiger partial charge in [-0.15, -0.1) is 0 Å². The molecule has 1 atom stereocenters. The second-order valence-electron chi connectivity index (χ2n) is 7.38. The molecule has 1 aromatic heterocycles. The number of piperazine rings is 1. The van der Waals surface area contributed by atoms with E-state index in [2.05, 4.69) is 70.4 Å². The monoisotopic (exact) mass is 373 g/mol. The molecule has 0 radical (unpaired) electrons. The van der Waals surface area contributed by atoms with Gasteiger partial charge in [-0.2, -0.15) is 0 Å². The van der Waals surface area contributed by atoms with E-state index in [1.54, 1.807) is 7.11 Å². The Balaban J connectivity index is 1.64. The number of rotatable bonds is 5. The van der Waals surface area contributed by atoms with Crippen molar-refractivity contribution < 1.29 is 4.74 Å². The summed E-state index contributed by atoms with van der Waals surface area (Å²) in [6, 6.07) is 21.7. The summed E-state index contributed by atoms with van der Waals surface area (Å²) in [5, 5.41) is 0. The number of methoxy groups -OCH3 is 1. The van der Waals surface area contributed by atoms with Crippen LogP contribution < -0.4 is 4.74 Å². The summed E-state index contributed by atoms with van der Waals surface area (Å²) in [6.07, 6.45) is 3.78. The molecule has 0 unspecified atom stereocenters. The molecule has 0 bridgehead atoms. The predicted molar refractivity (Wildman–Crippen MR) is 114 cm³/mol. The lowest BCUT2D eigenvalue weighted by Gasteiger charge is -2.38. The van der Waals surface area contributed by atoms with Crippen molar-refractivity contribution in [2.24, 2.45) is 0 Å². The Labute approximate surface area is 167 Å². The summed E-state index contributed by atoms with van der Waals surface area (Å²) in [5.41, 5.74) is 5.00. The number of hydrogen-bond donors (Lipinski definition) is 0. The third-order valence-electron chi connectivity index (χ3n) is 5.55.